The van der Waals surface area contributed by atoms with Gasteiger partial charge in [0.15, 0.2) is 0 Å². The first kappa shape index (κ1) is 15.1. The molecular weight excluding hydrogens is 246 g/mol. The number of nitrogens with one attached hydrogen (secondary N) is 1. The zero-order valence-corrected chi connectivity index (χ0v) is 11.4. The molecule has 19 heavy (non-hydrogen) atoms. The predicted octanol–water partition coefficient (Wildman–Crippen LogP) is 2.36. The van der Waals surface area contributed by atoms with Gasteiger partial charge in [0.1, 0.15) is 5.69 Å². The summed E-state index contributed by atoms with van der Waals surface area (Å²) >= 11 is 0. The first-order chi connectivity index (χ1) is 8.69. The summed E-state index contributed by atoms with van der Waals surface area (Å²) in [5.74, 6) is -0.271. The van der Waals surface area contributed by atoms with E-state index in [1.54, 1.807) is 12.1 Å². The number of benzene rings is 1. The molecule has 0 spiro atoms. The van der Waals surface area contributed by atoms with Crippen molar-refractivity contribution in [3.05, 3.63) is 33.9 Å². The van der Waals surface area contributed by atoms with E-state index >= 15 is 0 Å². The first-order valence-electron chi connectivity index (χ1n) is 6.03. The molecule has 0 saturated heterocycles. The molecule has 0 aliphatic rings. The first-order valence-corrected chi connectivity index (χ1v) is 6.03. The van der Waals surface area contributed by atoms with Gasteiger partial charge in [-0.3, -0.25) is 14.9 Å². The fraction of sp³-hybridized carbons (Fsp3) is 0.462. The second-order valence-corrected chi connectivity index (χ2v) is 5.31. The predicted molar refractivity (Wildman–Crippen MR) is 74.0 cm³/mol. The van der Waals surface area contributed by atoms with Gasteiger partial charge in [-0.1, -0.05) is 6.07 Å². The topological polar surface area (TPSA) is 98.3 Å². The van der Waals surface area contributed by atoms with Crippen LogP contribution in [0.25, 0.3) is 0 Å². The average Bonchev–Trinajstić information content (AvgIpc) is 2.25. The van der Waals surface area contributed by atoms with Gasteiger partial charge in [-0.2, -0.15) is 0 Å². The second kappa shape index (κ2) is 5.79. The number of carbonyl (C=O) groups is 1. The Labute approximate surface area is 112 Å². The van der Waals surface area contributed by atoms with Gasteiger partial charge in [0.05, 0.1) is 4.92 Å². The number of nitrogens with two attached hydrogens (primary N) is 1. The van der Waals surface area contributed by atoms with Crippen LogP contribution in [-0.2, 0) is 4.79 Å². The highest BCUT2D eigenvalue weighted by Crippen LogP contribution is 2.25. The molecule has 0 atom stereocenters. The van der Waals surface area contributed by atoms with Gasteiger partial charge in [0.2, 0.25) is 5.91 Å². The van der Waals surface area contributed by atoms with Crippen molar-refractivity contribution in [2.45, 2.75) is 39.2 Å². The summed E-state index contributed by atoms with van der Waals surface area (Å²) < 4.78 is 0. The van der Waals surface area contributed by atoms with E-state index in [0.717, 1.165) is 5.56 Å². The minimum atomic E-state index is -0.512. The average molecular weight is 265 g/mol. The van der Waals surface area contributed by atoms with Crippen molar-refractivity contribution in [1.29, 1.82) is 0 Å². The fourth-order valence-electron chi connectivity index (χ4n) is 1.56. The number of hydrogen-bond acceptors (Lipinski definition) is 4. The Bertz CT molecular complexity index is 492. The van der Waals surface area contributed by atoms with E-state index in [-0.39, 0.29) is 23.7 Å². The standard InChI is InChI=1S/C13H19N3O3/c1-9-4-5-11(16(18)19)10(8-9)15-12(17)6-7-13(2,3)14/h4-5,8H,6-7,14H2,1-3H3,(H,15,17). The Morgan fingerprint density at radius 2 is 2.11 bits per heavy atom. The van der Waals surface area contributed by atoms with E-state index in [1.165, 1.54) is 6.07 Å². The van der Waals surface area contributed by atoms with Gasteiger partial charge >= 0.3 is 0 Å². The molecule has 0 bridgehead atoms. The van der Waals surface area contributed by atoms with Crippen LogP contribution in [0.1, 0.15) is 32.3 Å². The van der Waals surface area contributed by atoms with E-state index in [2.05, 4.69) is 5.32 Å². The molecule has 0 aliphatic heterocycles. The van der Waals surface area contributed by atoms with Gasteiger partial charge in [0.25, 0.3) is 5.69 Å². The summed E-state index contributed by atoms with van der Waals surface area (Å²) in [5.41, 5.74) is 6.32. The number of amides is 1. The molecule has 0 aliphatic carbocycles. The minimum Gasteiger partial charge on any atom is -0.326 e. The Kier molecular flexibility index (Phi) is 4.61. The summed E-state index contributed by atoms with van der Waals surface area (Å²) in [5, 5.41) is 13.4. The van der Waals surface area contributed by atoms with Crippen molar-refractivity contribution < 1.29 is 9.72 Å². The van der Waals surface area contributed by atoms with E-state index in [9.17, 15) is 14.9 Å². The lowest BCUT2D eigenvalue weighted by atomic mass is 10.00. The van der Waals surface area contributed by atoms with Gasteiger partial charge < -0.3 is 11.1 Å². The fourth-order valence-corrected chi connectivity index (χ4v) is 1.56. The van der Waals surface area contributed by atoms with Crippen molar-refractivity contribution in [3.63, 3.8) is 0 Å². The molecule has 104 valence electrons. The van der Waals surface area contributed by atoms with Gasteiger partial charge in [-0.15, -0.1) is 0 Å². The van der Waals surface area contributed by atoms with Crippen molar-refractivity contribution in [2.24, 2.45) is 5.73 Å². The zero-order valence-electron chi connectivity index (χ0n) is 11.4. The molecule has 1 rings (SSSR count). The Morgan fingerprint density at radius 1 is 1.47 bits per heavy atom. The van der Waals surface area contributed by atoms with Crippen LogP contribution in [-0.4, -0.2) is 16.4 Å². The van der Waals surface area contributed by atoms with Crippen LogP contribution < -0.4 is 11.1 Å². The van der Waals surface area contributed by atoms with Crippen LogP contribution >= 0.6 is 0 Å². The van der Waals surface area contributed by atoms with Crippen LogP contribution in [0, 0.1) is 17.0 Å². The lowest BCUT2D eigenvalue weighted by Crippen LogP contribution is -2.33. The maximum atomic E-state index is 11.8. The molecule has 0 heterocycles. The number of anilines is 1. The van der Waals surface area contributed by atoms with Crippen LogP contribution in [0.3, 0.4) is 0 Å². The molecular formula is C13H19N3O3. The van der Waals surface area contributed by atoms with Crippen molar-refractivity contribution >= 4 is 17.3 Å². The molecule has 0 saturated carbocycles. The number of hydrogen-bond donors (Lipinski definition) is 2. The lowest BCUT2D eigenvalue weighted by molar-refractivity contribution is -0.383. The lowest BCUT2D eigenvalue weighted by Gasteiger charge is -2.17. The second-order valence-electron chi connectivity index (χ2n) is 5.31. The number of nitrogens with zero attached hydrogens (tertiary/aromatic N) is 1. The summed E-state index contributed by atoms with van der Waals surface area (Å²) in [4.78, 5) is 22.1. The van der Waals surface area contributed by atoms with Crippen molar-refractivity contribution in [1.82, 2.24) is 0 Å². The van der Waals surface area contributed by atoms with Crippen molar-refractivity contribution in [2.75, 3.05) is 5.32 Å². The maximum Gasteiger partial charge on any atom is 0.292 e. The summed E-state index contributed by atoms with van der Waals surface area (Å²) in [6.45, 7) is 5.47. The SMILES string of the molecule is Cc1ccc([N+](=O)[O-])c(NC(=O)CCC(C)(C)N)c1. The highest BCUT2D eigenvalue weighted by molar-refractivity contribution is 5.93. The Balaban J connectivity index is 2.78. The third-order valence-electron chi connectivity index (χ3n) is 2.62. The summed E-state index contributed by atoms with van der Waals surface area (Å²) in [6.07, 6.45) is 0.743. The monoisotopic (exact) mass is 265 g/mol. The smallest absolute Gasteiger partial charge is 0.292 e. The number of carbonyl (C=O) groups excluding carboxylic acids is 1. The molecule has 3 N–H and O–H groups in total. The Hall–Kier alpha value is -1.95. The highest BCUT2D eigenvalue weighted by Gasteiger charge is 2.17. The van der Waals surface area contributed by atoms with Crippen LogP contribution in [0.5, 0.6) is 0 Å². The highest BCUT2D eigenvalue weighted by atomic mass is 16.6. The minimum absolute atomic E-state index is 0.106. The summed E-state index contributed by atoms with van der Waals surface area (Å²) in [6, 6.07) is 4.61. The normalized spacial score (nSPS) is 11.2. The van der Waals surface area contributed by atoms with Gasteiger partial charge in [-0.05, 0) is 38.8 Å². The molecule has 1 aromatic carbocycles. The Morgan fingerprint density at radius 3 is 2.63 bits per heavy atom. The number of rotatable bonds is 5. The molecule has 0 unspecified atom stereocenters. The summed E-state index contributed by atoms with van der Waals surface area (Å²) in [7, 11) is 0. The van der Waals surface area contributed by atoms with Crippen LogP contribution in [0.2, 0.25) is 0 Å². The molecule has 0 fully saturated rings. The van der Waals surface area contributed by atoms with Gasteiger partial charge in [0, 0.05) is 18.0 Å². The number of nitro benzene ring substituents is 1. The molecule has 1 aromatic rings. The largest absolute Gasteiger partial charge is 0.326 e. The van der Waals surface area contributed by atoms with E-state index in [1.807, 2.05) is 20.8 Å². The van der Waals surface area contributed by atoms with Crippen molar-refractivity contribution in [3.8, 4) is 0 Å². The van der Waals surface area contributed by atoms with Crippen LogP contribution in [0.15, 0.2) is 18.2 Å². The van der Waals surface area contributed by atoms with Crippen LogP contribution in [0.4, 0.5) is 11.4 Å². The molecule has 1 amide bonds. The molecule has 0 aromatic heterocycles. The van der Waals surface area contributed by atoms with Gasteiger partial charge in [-0.25, -0.2) is 0 Å². The maximum absolute atomic E-state index is 11.8. The quantitative estimate of drug-likeness (QED) is 0.630. The third kappa shape index (κ3) is 5.05. The number of aryl methyl sites for hydroxylation is 1. The molecule has 6 heteroatoms. The molecule has 0 radical (unpaired) electrons. The van der Waals surface area contributed by atoms with E-state index in [0.29, 0.717) is 6.42 Å². The van der Waals surface area contributed by atoms with E-state index in [4.69, 9.17) is 5.73 Å². The zero-order chi connectivity index (χ0) is 14.6. The number of nitro groups is 1. The molecule has 6 nitrogen and oxygen atoms in total. The van der Waals surface area contributed by atoms with E-state index < -0.39 is 10.5 Å². The third-order valence-corrected chi connectivity index (χ3v) is 2.62.